The van der Waals surface area contributed by atoms with Crippen molar-refractivity contribution in [3.63, 3.8) is 0 Å². The molecule has 0 saturated heterocycles. The summed E-state index contributed by atoms with van der Waals surface area (Å²) in [6.45, 7) is 4.47. The molecule has 96 valence electrons. The van der Waals surface area contributed by atoms with E-state index >= 15 is 0 Å². The first-order chi connectivity index (χ1) is 7.18. The van der Waals surface area contributed by atoms with Gasteiger partial charge in [-0.05, 0) is 31.1 Å². The summed E-state index contributed by atoms with van der Waals surface area (Å²) in [6.07, 6.45) is 3.18. The van der Waals surface area contributed by atoms with E-state index in [4.69, 9.17) is 0 Å². The van der Waals surface area contributed by atoms with Crippen molar-refractivity contribution in [2.75, 3.05) is 11.2 Å². The Labute approximate surface area is 106 Å². The predicted molar refractivity (Wildman–Crippen MR) is 67.9 cm³/mol. The molecule has 0 aromatic carbocycles. The quantitative estimate of drug-likeness (QED) is 0.775. The van der Waals surface area contributed by atoms with E-state index < -0.39 is 15.6 Å². The minimum atomic E-state index is -3.28. The molecule has 0 spiro atoms. The van der Waals surface area contributed by atoms with Gasteiger partial charge in [-0.15, -0.1) is 0 Å². The van der Waals surface area contributed by atoms with E-state index in [2.05, 4.69) is 34.5 Å². The van der Waals surface area contributed by atoms with Crippen LogP contribution in [0, 0.1) is 5.41 Å². The van der Waals surface area contributed by atoms with Crippen LogP contribution in [-0.2, 0) is 10.0 Å². The van der Waals surface area contributed by atoms with E-state index in [-0.39, 0.29) is 16.6 Å². The third kappa shape index (κ3) is 4.31. The van der Waals surface area contributed by atoms with Crippen LogP contribution >= 0.6 is 15.9 Å². The number of rotatable bonds is 4. The molecule has 16 heavy (non-hydrogen) atoms. The van der Waals surface area contributed by atoms with E-state index in [1.54, 1.807) is 0 Å². The Morgan fingerprint density at radius 2 is 1.75 bits per heavy atom. The zero-order chi connectivity index (χ0) is 12.4. The standard InChI is InChI=1S/C10H20BrNO3S/c1-9(2)3-5-10(13,6-4-9)7-12-16(14,15)8-11/h12-13H,3-8H2,1-2H3. The number of halogens is 1. The van der Waals surface area contributed by atoms with E-state index in [1.807, 2.05) is 0 Å². The zero-order valence-corrected chi connectivity index (χ0v) is 12.2. The summed E-state index contributed by atoms with van der Waals surface area (Å²) in [5.41, 5.74) is -0.606. The molecule has 1 saturated carbocycles. The summed E-state index contributed by atoms with van der Waals surface area (Å²) in [5, 5.41) is 10.2. The lowest BCUT2D eigenvalue weighted by molar-refractivity contribution is -0.0205. The maximum Gasteiger partial charge on any atom is 0.221 e. The minimum Gasteiger partial charge on any atom is -0.389 e. The lowest BCUT2D eigenvalue weighted by atomic mass is 9.71. The summed E-state index contributed by atoms with van der Waals surface area (Å²) >= 11 is 2.90. The lowest BCUT2D eigenvalue weighted by Crippen LogP contribution is -2.46. The van der Waals surface area contributed by atoms with Crippen LogP contribution in [0.3, 0.4) is 0 Å². The van der Waals surface area contributed by atoms with Gasteiger partial charge in [0.2, 0.25) is 10.0 Å². The largest absolute Gasteiger partial charge is 0.389 e. The molecule has 1 fully saturated rings. The SMILES string of the molecule is CC1(C)CCC(O)(CNS(=O)(=O)CBr)CC1. The van der Waals surface area contributed by atoms with Crippen molar-refractivity contribution in [3.05, 3.63) is 0 Å². The Kier molecular flexibility index (Phi) is 4.43. The molecule has 1 aliphatic rings. The smallest absolute Gasteiger partial charge is 0.221 e. The van der Waals surface area contributed by atoms with Gasteiger partial charge < -0.3 is 5.11 Å². The minimum absolute atomic E-state index is 0.122. The summed E-state index contributed by atoms with van der Waals surface area (Å²) in [7, 11) is -3.28. The molecule has 0 aromatic rings. The van der Waals surface area contributed by atoms with Crippen molar-refractivity contribution < 1.29 is 13.5 Å². The van der Waals surface area contributed by atoms with Gasteiger partial charge in [-0.3, -0.25) is 0 Å². The van der Waals surface area contributed by atoms with Crippen molar-refractivity contribution in [1.82, 2.24) is 4.72 Å². The maximum absolute atomic E-state index is 11.2. The second-order valence-electron chi connectivity index (χ2n) is 5.43. The summed E-state index contributed by atoms with van der Waals surface area (Å²) in [4.78, 5) is 0. The van der Waals surface area contributed by atoms with E-state index in [1.165, 1.54) is 0 Å². The topological polar surface area (TPSA) is 66.4 Å². The molecule has 0 radical (unpaired) electrons. The molecule has 0 aromatic heterocycles. The van der Waals surface area contributed by atoms with Crippen LogP contribution in [-0.4, -0.2) is 30.3 Å². The number of nitrogens with one attached hydrogen (secondary N) is 1. The molecular weight excluding hydrogens is 294 g/mol. The third-order valence-corrected chi connectivity index (χ3v) is 5.98. The van der Waals surface area contributed by atoms with Crippen LogP contribution in [0.5, 0.6) is 0 Å². The third-order valence-electron chi connectivity index (χ3n) is 3.30. The highest BCUT2D eigenvalue weighted by Gasteiger charge is 2.37. The Morgan fingerprint density at radius 3 is 2.19 bits per heavy atom. The fourth-order valence-electron chi connectivity index (χ4n) is 1.85. The van der Waals surface area contributed by atoms with Crippen molar-refractivity contribution in [2.45, 2.75) is 45.1 Å². The summed E-state index contributed by atoms with van der Waals surface area (Å²) in [6, 6.07) is 0. The average Bonchev–Trinajstić information content (AvgIpc) is 2.21. The Balaban J connectivity index is 2.49. The molecular formula is C10H20BrNO3S. The van der Waals surface area contributed by atoms with Gasteiger partial charge in [-0.1, -0.05) is 29.8 Å². The number of hydrogen-bond acceptors (Lipinski definition) is 3. The van der Waals surface area contributed by atoms with Gasteiger partial charge in [-0.25, -0.2) is 13.1 Å². The van der Waals surface area contributed by atoms with Gasteiger partial charge in [-0.2, -0.15) is 0 Å². The van der Waals surface area contributed by atoms with Crippen LogP contribution in [0.15, 0.2) is 0 Å². The number of sulfonamides is 1. The van der Waals surface area contributed by atoms with Crippen molar-refractivity contribution >= 4 is 26.0 Å². The van der Waals surface area contributed by atoms with Crippen LogP contribution in [0.25, 0.3) is 0 Å². The number of hydrogen-bond donors (Lipinski definition) is 2. The average molecular weight is 314 g/mol. The van der Waals surface area contributed by atoms with Crippen LogP contribution < -0.4 is 4.72 Å². The molecule has 0 bridgehead atoms. The fraction of sp³-hybridized carbons (Fsp3) is 1.00. The maximum atomic E-state index is 11.2. The van der Waals surface area contributed by atoms with E-state index in [9.17, 15) is 13.5 Å². The van der Waals surface area contributed by atoms with Gasteiger partial charge >= 0.3 is 0 Å². The first kappa shape index (κ1) is 14.4. The molecule has 4 nitrogen and oxygen atoms in total. The van der Waals surface area contributed by atoms with Crippen molar-refractivity contribution in [1.29, 1.82) is 0 Å². The van der Waals surface area contributed by atoms with Gasteiger partial charge in [0, 0.05) is 6.54 Å². The van der Waals surface area contributed by atoms with Crippen molar-refractivity contribution in [3.8, 4) is 0 Å². The number of alkyl halides is 1. The zero-order valence-electron chi connectivity index (χ0n) is 9.79. The Bertz CT molecular complexity index is 330. The molecule has 1 aliphatic carbocycles. The molecule has 1 rings (SSSR count). The predicted octanol–water partition coefficient (Wildman–Crippen LogP) is 1.59. The van der Waals surface area contributed by atoms with Gasteiger partial charge in [0.1, 0.15) is 4.66 Å². The monoisotopic (exact) mass is 313 g/mol. The Hall–Kier alpha value is 0.350. The summed E-state index contributed by atoms with van der Waals surface area (Å²) in [5.74, 6) is 0. The molecule has 6 heteroatoms. The Morgan fingerprint density at radius 1 is 1.25 bits per heavy atom. The first-order valence-corrected chi connectivity index (χ1v) is 8.21. The van der Waals surface area contributed by atoms with Crippen LogP contribution in [0.4, 0.5) is 0 Å². The molecule has 2 N–H and O–H groups in total. The van der Waals surface area contributed by atoms with Gasteiger partial charge in [0.05, 0.1) is 5.60 Å². The molecule has 0 aliphatic heterocycles. The molecule has 0 unspecified atom stereocenters. The highest BCUT2D eigenvalue weighted by Crippen LogP contribution is 2.39. The van der Waals surface area contributed by atoms with E-state index in [0.29, 0.717) is 12.8 Å². The lowest BCUT2D eigenvalue weighted by Gasteiger charge is -2.40. The van der Waals surface area contributed by atoms with Crippen LogP contribution in [0.1, 0.15) is 39.5 Å². The molecule has 0 atom stereocenters. The molecule has 0 heterocycles. The van der Waals surface area contributed by atoms with Gasteiger partial charge in [0.25, 0.3) is 0 Å². The van der Waals surface area contributed by atoms with Crippen molar-refractivity contribution in [2.24, 2.45) is 5.41 Å². The van der Waals surface area contributed by atoms with Gasteiger partial charge in [0.15, 0.2) is 0 Å². The second kappa shape index (κ2) is 4.92. The highest BCUT2D eigenvalue weighted by atomic mass is 79.9. The van der Waals surface area contributed by atoms with Crippen LogP contribution in [0.2, 0.25) is 0 Å². The highest BCUT2D eigenvalue weighted by molar-refractivity contribution is 9.10. The number of aliphatic hydroxyl groups is 1. The normalized spacial score (nSPS) is 24.2. The second-order valence-corrected chi connectivity index (χ2v) is 8.54. The van der Waals surface area contributed by atoms with E-state index in [0.717, 1.165) is 12.8 Å². The molecule has 0 amide bonds. The first-order valence-electron chi connectivity index (χ1n) is 5.44. The fourth-order valence-corrected chi connectivity index (χ4v) is 2.90. The summed E-state index contributed by atoms with van der Waals surface area (Å²) < 4.78 is 24.8.